The van der Waals surface area contributed by atoms with Gasteiger partial charge in [0, 0.05) is 21.7 Å². The zero-order valence-corrected chi connectivity index (χ0v) is 19.6. The number of thiophene rings is 2. The van der Waals surface area contributed by atoms with Crippen molar-refractivity contribution in [2.45, 2.75) is 42.6 Å². The molecular formula is C22H19N5O2S3. The van der Waals surface area contributed by atoms with E-state index >= 15 is 0 Å². The zero-order chi connectivity index (χ0) is 21.7. The van der Waals surface area contributed by atoms with Crippen LogP contribution >= 0.6 is 34.4 Å². The summed E-state index contributed by atoms with van der Waals surface area (Å²) in [6.07, 6.45) is 3.97. The average molecular weight is 482 g/mol. The fraction of sp³-hybridized carbons (Fsp3) is 0.273. The maximum Gasteiger partial charge on any atom is 0.260 e. The van der Waals surface area contributed by atoms with E-state index in [1.807, 2.05) is 41.9 Å². The lowest BCUT2D eigenvalue weighted by Crippen LogP contribution is -2.13. The van der Waals surface area contributed by atoms with Gasteiger partial charge < -0.3 is 9.40 Å². The SMILES string of the molecule is CC(Sc1nnc(C2CC2)n1Cc1ccco1)c1nc2scc(-c3cccs3)c2c(=O)[nH]1. The van der Waals surface area contributed by atoms with Crippen LogP contribution in [0.5, 0.6) is 0 Å². The quantitative estimate of drug-likeness (QED) is 0.301. The summed E-state index contributed by atoms with van der Waals surface area (Å²) in [6, 6.07) is 7.87. The lowest BCUT2D eigenvalue weighted by molar-refractivity contribution is 0.478. The molecule has 1 atom stereocenters. The molecule has 0 aliphatic heterocycles. The van der Waals surface area contributed by atoms with Crippen molar-refractivity contribution in [1.82, 2.24) is 24.7 Å². The molecule has 1 aliphatic rings. The third-order valence-electron chi connectivity index (χ3n) is 5.50. The van der Waals surface area contributed by atoms with Gasteiger partial charge in [0.05, 0.1) is 23.4 Å². The minimum Gasteiger partial charge on any atom is -0.467 e. The number of furan rings is 1. The Morgan fingerprint density at radius 2 is 2.19 bits per heavy atom. The van der Waals surface area contributed by atoms with E-state index in [4.69, 9.17) is 9.40 Å². The van der Waals surface area contributed by atoms with E-state index in [1.165, 1.54) is 11.3 Å². The van der Waals surface area contributed by atoms with Crippen molar-refractivity contribution >= 4 is 44.7 Å². The predicted molar refractivity (Wildman–Crippen MR) is 128 cm³/mol. The normalized spacial score (nSPS) is 14.9. The van der Waals surface area contributed by atoms with Crippen LogP contribution < -0.4 is 5.56 Å². The smallest absolute Gasteiger partial charge is 0.260 e. The van der Waals surface area contributed by atoms with E-state index < -0.39 is 0 Å². The summed E-state index contributed by atoms with van der Waals surface area (Å²) in [5.41, 5.74) is 0.852. The average Bonchev–Trinajstić information content (AvgIpc) is 3.24. The van der Waals surface area contributed by atoms with E-state index in [1.54, 1.807) is 29.4 Å². The fourth-order valence-corrected chi connectivity index (χ4v) is 6.41. The van der Waals surface area contributed by atoms with Crippen molar-refractivity contribution in [3.05, 3.63) is 69.1 Å². The Hall–Kier alpha value is -2.69. The molecule has 1 unspecified atom stereocenters. The van der Waals surface area contributed by atoms with Crippen molar-refractivity contribution < 1.29 is 4.42 Å². The van der Waals surface area contributed by atoms with Crippen LogP contribution in [0.3, 0.4) is 0 Å². The molecule has 1 fully saturated rings. The van der Waals surface area contributed by atoms with Gasteiger partial charge in [0.1, 0.15) is 22.2 Å². The minimum atomic E-state index is -0.0992. The second kappa shape index (κ2) is 8.02. The van der Waals surface area contributed by atoms with Crippen molar-refractivity contribution in [2.75, 3.05) is 0 Å². The third-order valence-corrected chi connectivity index (χ3v) is 8.36. The molecule has 32 heavy (non-hydrogen) atoms. The predicted octanol–water partition coefficient (Wildman–Crippen LogP) is 5.68. The highest BCUT2D eigenvalue weighted by molar-refractivity contribution is 7.99. The number of nitrogens with zero attached hydrogens (tertiary/aromatic N) is 4. The Bertz CT molecular complexity index is 1430. The van der Waals surface area contributed by atoms with Crippen LogP contribution in [0, 0.1) is 0 Å². The molecule has 0 spiro atoms. The van der Waals surface area contributed by atoms with Crippen LogP contribution in [0.15, 0.2) is 55.7 Å². The molecule has 10 heteroatoms. The highest BCUT2D eigenvalue weighted by atomic mass is 32.2. The number of nitrogens with one attached hydrogen (secondary N) is 1. The Morgan fingerprint density at radius 3 is 2.94 bits per heavy atom. The lowest BCUT2D eigenvalue weighted by atomic mass is 10.2. The van der Waals surface area contributed by atoms with Crippen molar-refractivity contribution in [3.63, 3.8) is 0 Å². The number of fused-ring (bicyclic) bond motifs is 1. The van der Waals surface area contributed by atoms with Crippen LogP contribution in [-0.4, -0.2) is 24.7 Å². The molecular weight excluding hydrogens is 462 g/mol. The fourth-order valence-electron chi connectivity index (χ4n) is 3.72. The molecule has 5 aromatic heterocycles. The molecule has 0 bridgehead atoms. The first kappa shape index (κ1) is 20.0. The first-order valence-corrected chi connectivity index (χ1v) is 13.0. The van der Waals surface area contributed by atoms with Gasteiger partial charge in [-0.3, -0.25) is 9.36 Å². The molecule has 1 aliphatic carbocycles. The van der Waals surface area contributed by atoms with Crippen molar-refractivity contribution in [2.24, 2.45) is 0 Å². The number of H-pyrrole nitrogens is 1. The number of rotatable bonds is 7. The number of aromatic nitrogens is 5. The summed E-state index contributed by atoms with van der Waals surface area (Å²) < 4.78 is 7.69. The Kier molecular flexibility index (Phi) is 5.00. The molecule has 5 heterocycles. The van der Waals surface area contributed by atoms with Gasteiger partial charge in [-0.05, 0) is 43.3 Å². The van der Waals surface area contributed by atoms with Crippen molar-refractivity contribution in [1.29, 1.82) is 0 Å². The maximum absolute atomic E-state index is 13.0. The molecule has 7 nitrogen and oxygen atoms in total. The molecule has 5 aromatic rings. The summed E-state index contributed by atoms with van der Waals surface area (Å²) in [7, 11) is 0. The number of hydrogen-bond acceptors (Lipinski definition) is 8. The second-order valence-electron chi connectivity index (χ2n) is 7.80. The van der Waals surface area contributed by atoms with Gasteiger partial charge in [0.2, 0.25) is 0 Å². The van der Waals surface area contributed by atoms with Gasteiger partial charge in [-0.2, -0.15) is 0 Å². The monoisotopic (exact) mass is 481 g/mol. The van der Waals surface area contributed by atoms with Crippen LogP contribution in [0.4, 0.5) is 0 Å². The Labute approximate surface area is 195 Å². The largest absolute Gasteiger partial charge is 0.467 e. The van der Waals surface area contributed by atoms with E-state index in [0.717, 1.165) is 44.9 Å². The summed E-state index contributed by atoms with van der Waals surface area (Å²) in [5, 5.41) is 14.3. The molecule has 0 radical (unpaired) electrons. The number of thioether (sulfide) groups is 1. The molecule has 0 amide bonds. The highest BCUT2D eigenvalue weighted by Crippen LogP contribution is 2.42. The Morgan fingerprint density at radius 1 is 1.28 bits per heavy atom. The third kappa shape index (κ3) is 3.62. The molecule has 0 aromatic carbocycles. The van der Waals surface area contributed by atoms with Crippen LogP contribution in [0.25, 0.3) is 20.7 Å². The second-order valence-corrected chi connectivity index (χ2v) is 10.9. The minimum absolute atomic E-state index is 0.0917. The number of aromatic amines is 1. The summed E-state index contributed by atoms with van der Waals surface area (Å²) in [6.45, 7) is 2.63. The maximum atomic E-state index is 13.0. The molecule has 1 N–H and O–H groups in total. The van der Waals surface area contributed by atoms with Gasteiger partial charge in [0.25, 0.3) is 5.56 Å². The molecule has 162 valence electrons. The van der Waals surface area contributed by atoms with Crippen molar-refractivity contribution in [3.8, 4) is 10.4 Å². The molecule has 0 saturated heterocycles. The standard InChI is InChI=1S/C22H19N5O2S3/c1-12(18-23-20(28)17-15(11-31-21(17)24-18)16-5-3-9-30-16)32-22-26-25-19(13-6-7-13)27(22)10-14-4-2-8-29-14/h2-5,8-9,11-13H,6-7,10H2,1H3,(H,23,24,28). The molecule has 6 rings (SSSR count). The first-order chi connectivity index (χ1) is 15.7. The van der Waals surface area contributed by atoms with Gasteiger partial charge >= 0.3 is 0 Å². The van der Waals surface area contributed by atoms with Gasteiger partial charge in [-0.15, -0.1) is 32.9 Å². The van der Waals surface area contributed by atoms with Crippen LogP contribution in [-0.2, 0) is 6.54 Å². The topological polar surface area (TPSA) is 89.6 Å². The number of hydrogen-bond donors (Lipinski definition) is 1. The van der Waals surface area contributed by atoms with E-state index in [9.17, 15) is 4.79 Å². The van der Waals surface area contributed by atoms with E-state index in [-0.39, 0.29) is 10.8 Å². The zero-order valence-electron chi connectivity index (χ0n) is 17.1. The van der Waals surface area contributed by atoms with Gasteiger partial charge in [-0.25, -0.2) is 4.98 Å². The van der Waals surface area contributed by atoms with E-state index in [2.05, 4.69) is 19.7 Å². The van der Waals surface area contributed by atoms with Crippen LogP contribution in [0.2, 0.25) is 0 Å². The Balaban J connectivity index is 1.32. The van der Waals surface area contributed by atoms with Gasteiger partial charge in [0.15, 0.2) is 5.16 Å². The van der Waals surface area contributed by atoms with E-state index in [0.29, 0.717) is 23.7 Å². The lowest BCUT2D eigenvalue weighted by Gasteiger charge is -2.12. The first-order valence-electron chi connectivity index (χ1n) is 10.3. The highest BCUT2D eigenvalue weighted by Gasteiger charge is 2.31. The van der Waals surface area contributed by atoms with Crippen LogP contribution in [0.1, 0.15) is 48.3 Å². The summed E-state index contributed by atoms with van der Waals surface area (Å²) in [4.78, 5) is 22.6. The summed E-state index contributed by atoms with van der Waals surface area (Å²) in [5.74, 6) is 2.99. The molecule has 1 saturated carbocycles. The summed E-state index contributed by atoms with van der Waals surface area (Å²) >= 11 is 4.69. The van der Waals surface area contributed by atoms with Gasteiger partial charge in [-0.1, -0.05) is 17.8 Å².